The molecule has 9 aromatic rings. The number of para-hydroxylation sites is 3. The van der Waals surface area contributed by atoms with Crippen molar-refractivity contribution in [1.82, 2.24) is 4.57 Å². The van der Waals surface area contributed by atoms with Gasteiger partial charge in [-0.05, 0) is 95.0 Å². The maximum atomic E-state index is 7.03. The first kappa shape index (κ1) is 40.1. The summed E-state index contributed by atoms with van der Waals surface area (Å²) >= 11 is 0. The van der Waals surface area contributed by atoms with Gasteiger partial charge < -0.3 is 4.42 Å². The molecule has 2 aromatic heterocycles. The molecular weight excluding hydrogens is 767 g/mol. The summed E-state index contributed by atoms with van der Waals surface area (Å²) in [6.07, 6.45) is 10.4. The van der Waals surface area contributed by atoms with E-state index in [1.807, 2.05) is 0 Å². The van der Waals surface area contributed by atoms with E-state index in [4.69, 9.17) is 9.41 Å². The summed E-state index contributed by atoms with van der Waals surface area (Å²) in [4.78, 5) is 5.39. The molecule has 2 atom stereocenters. The SMILES string of the molecule is C=CC1N=C(/C=C\CCC)c2ccc(C(C)C)cc2C1CCc1ccc2c(oc3ccccc32)c1-c1n(-c2ccc(-c3ccccc3)cc2-c2ccccc2)c2ccccc2[n+]1C. The number of benzene rings is 7. The van der Waals surface area contributed by atoms with Gasteiger partial charge in [-0.25, -0.2) is 4.57 Å². The van der Waals surface area contributed by atoms with Crippen molar-refractivity contribution in [1.29, 1.82) is 0 Å². The van der Waals surface area contributed by atoms with E-state index >= 15 is 0 Å². The Balaban J connectivity index is 1.20. The maximum absolute atomic E-state index is 7.03. The average molecular weight is 821 g/mol. The summed E-state index contributed by atoms with van der Waals surface area (Å²) in [7, 11) is 2.21. The van der Waals surface area contributed by atoms with Crippen LogP contribution >= 0.6 is 0 Å². The first-order chi connectivity index (χ1) is 30.9. The van der Waals surface area contributed by atoms with Crippen LogP contribution in [0.25, 0.3) is 72.3 Å². The van der Waals surface area contributed by atoms with Crippen molar-refractivity contribution in [2.24, 2.45) is 12.0 Å². The lowest BCUT2D eigenvalue weighted by molar-refractivity contribution is -0.633. The minimum Gasteiger partial charge on any atom is -0.455 e. The minimum absolute atomic E-state index is 0.0429. The van der Waals surface area contributed by atoms with Crippen molar-refractivity contribution >= 4 is 38.7 Å². The van der Waals surface area contributed by atoms with Gasteiger partial charge >= 0.3 is 0 Å². The number of furan rings is 1. The number of nitrogens with zero attached hydrogens (tertiary/aromatic N) is 3. The summed E-state index contributed by atoms with van der Waals surface area (Å²) < 4.78 is 11.9. The average Bonchev–Trinajstić information content (AvgIpc) is 3.85. The number of unbranched alkanes of at least 4 members (excludes halogenated alkanes) is 1. The number of fused-ring (bicyclic) bond motifs is 5. The van der Waals surface area contributed by atoms with E-state index < -0.39 is 0 Å². The zero-order valence-electron chi connectivity index (χ0n) is 36.8. The Morgan fingerprint density at radius 1 is 0.746 bits per heavy atom. The number of aliphatic imine (C=N–C) groups is 1. The Bertz CT molecular complexity index is 3200. The van der Waals surface area contributed by atoms with Gasteiger partial charge in [-0.3, -0.25) is 4.99 Å². The standard InChI is InChI=1S/C59H54N3O/c1-6-8-11-25-52-46-34-31-43(39(3)4)37-50(46)45(51(7-2)60-52)33-29-42-30-35-48-47-24-16-19-28-56(47)63-58(48)57(42)59-61(5)54-26-17-18-27-55(54)62(59)53-36-32-44(40-20-12-9-13-21-40)38-49(53)41-22-14-10-15-23-41/h7,9-28,30-32,34-39,45,51H,2,6,8,29,33H2,1,3-5H3/q+1/b25-11-. The molecule has 310 valence electrons. The van der Waals surface area contributed by atoms with Crippen molar-refractivity contribution < 1.29 is 8.98 Å². The molecule has 1 aliphatic heterocycles. The normalized spacial score (nSPS) is 15.2. The van der Waals surface area contributed by atoms with E-state index in [1.165, 1.54) is 33.4 Å². The van der Waals surface area contributed by atoms with Crippen molar-refractivity contribution in [2.45, 2.75) is 64.3 Å². The maximum Gasteiger partial charge on any atom is 0.299 e. The van der Waals surface area contributed by atoms with E-state index in [9.17, 15) is 0 Å². The van der Waals surface area contributed by atoms with E-state index in [2.05, 4.69) is 219 Å². The third kappa shape index (κ3) is 7.24. The van der Waals surface area contributed by atoms with Crippen LogP contribution in [0.5, 0.6) is 0 Å². The zero-order valence-corrected chi connectivity index (χ0v) is 36.8. The highest BCUT2D eigenvalue weighted by Crippen LogP contribution is 2.44. The lowest BCUT2D eigenvalue weighted by Gasteiger charge is -2.31. The third-order valence-electron chi connectivity index (χ3n) is 13.1. The first-order valence-corrected chi connectivity index (χ1v) is 22.6. The Kier molecular flexibility index (Phi) is 10.8. The van der Waals surface area contributed by atoms with Crippen LogP contribution in [0.1, 0.15) is 74.1 Å². The molecule has 0 radical (unpaired) electrons. The molecule has 4 nitrogen and oxygen atoms in total. The molecule has 0 N–H and O–H groups in total. The number of aryl methyl sites for hydroxylation is 2. The fraction of sp³-hybridized carbons (Fsp3) is 0.186. The molecule has 1 aliphatic rings. The number of aromatic nitrogens is 2. The van der Waals surface area contributed by atoms with Crippen LogP contribution in [-0.2, 0) is 13.5 Å². The number of hydrogen-bond donors (Lipinski definition) is 0. The smallest absolute Gasteiger partial charge is 0.299 e. The topological polar surface area (TPSA) is 34.3 Å². The predicted molar refractivity (Wildman–Crippen MR) is 264 cm³/mol. The van der Waals surface area contributed by atoms with Crippen LogP contribution in [0, 0.1) is 0 Å². The molecule has 0 saturated carbocycles. The molecule has 0 spiro atoms. The van der Waals surface area contributed by atoms with Crippen LogP contribution in [0.4, 0.5) is 0 Å². The molecule has 10 rings (SSSR count). The third-order valence-corrected chi connectivity index (χ3v) is 13.1. The van der Waals surface area contributed by atoms with Crippen LogP contribution < -0.4 is 4.57 Å². The van der Waals surface area contributed by atoms with E-state index in [0.29, 0.717) is 5.92 Å². The Morgan fingerprint density at radius 2 is 1.49 bits per heavy atom. The second-order valence-corrected chi connectivity index (χ2v) is 17.3. The summed E-state index contributed by atoms with van der Waals surface area (Å²) in [5.74, 6) is 1.66. The Morgan fingerprint density at radius 3 is 2.27 bits per heavy atom. The molecule has 0 saturated heterocycles. The largest absolute Gasteiger partial charge is 0.455 e. The quantitative estimate of drug-likeness (QED) is 0.0893. The molecule has 0 bridgehead atoms. The predicted octanol–water partition coefficient (Wildman–Crippen LogP) is 14.9. The van der Waals surface area contributed by atoms with Gasteiger partial charge in [0.05, 0.1) is 18.8 Å². The van der Waals surface area contributed by atoms with E-state index in [-0.39, 0.29) is 12.0 Å². The number of rotatable bonds is 12. The minimum atomic E-state index is -0.0429. The van der Waals surface area contributed by atoms with Gasteiger partial charge in [0.15, 0.2) is 16.6 Å². The summed E-state index contributed by atoms with van der Waals surface area (Å²) in [5.41, 5.74) is 17.2. The molecule has 2 unspecified atom stereocenters. The Hall–Kier alpha value is -7.04. The van der Waals surface area contributed by atoms with Crippen molar-refractivity contribution in [3.8, 4) is 39.3 Å². The van der Waals surface area contributed by atoms with Gasteiger partial charge in [0.1, 0.15) is 16.8 Å². The van der Waals surface area contributed by atoms with Crippen molar-refractivity contribution in [3.05, 3.63) is 205 Å². The van der Waals surface area contributed by atoms with Crippen molar-refractivity contribution in [3.63, 3.8) is 0 Å². The summed E-state index contributed by atoms with van der Waals surface area (Å²) in [6.45, 7) is 11.2. The fourth-order valence-electron chi connectivity index (χ4n) is 9.84. The van der Waals surface area contributed by atoms with Gasteiger partial charge in [0, 0.05) is 27.8 Å². The second kappa shape index (κ2) is 17.0. The van der Waals surface area contributed by atoms with E-state index in [1.54, 1.807) is 0 Å². The van der Waals surface area contributed by atoms with Gasteiger partial charge in [0.25, 0.3) is 5.82 Å². The molecule has 4 heteroatoms. The van der Waals surface area contributed by atoms with Gasteiger partial charge in [0.2, 0.25) is 0 Å². The number of imidazole rings is 1. The molecular formula is C59H54N3O+. The molecule has 0 fully saturated rings. The van der Waals surface area contributed by atoms with E-state index in [0.717, 1.165) is 92.6 Å². The molecule has 7 aromatic carbocycles. The number of hydrogen-bond acceptors (Lipinski definition) is 2. The molecule has 63 heavy (non-hydrogen) atoms. The summed E-state index contributed by atoms with van der Waals surface area (Å²) in [5, 5.41) is 2.24. The second-order valence-electron chi connectivity index (χ2n) is 17.3. The molecule has 3 heterocycles. The van der Waals surface area contributed by atoms with Gasteiger partial charge in [-0.15, -0.1) is 6.58 Å². The van der Waals surface area contributed by atoms with Crippen molar-refractivity contribution in [2.75, 3.05) is 0 Å². The Labute approximate surface area is 371 Å². The van der Waals surface area contributed by atoms with Crippen LogP contribution in [0.2, 0.25) is 0 Å². The lowest BCUT2D eigenvalue weighted by Crippen LogP contribution is -2.30. The van der Waals surface area contributed by atoms with Crippen LogP contribution in [0.15, 0.2) is 192 Å². The van der Waals surface area contributed by atoms with Crippen LogP contribution in [0.3, 0.4) is 0 Å². The van der Waals surface area contributed by atoms with Crippen LogP contribution in [-0.4, -0.2) is 16.3 Å². The molecule has 0 amide bonds. The summed E-state index contributed by atoms with van der Waals surface area (Å²) in [6, 6.07) is 57.3. The highest BCUT2D eigenvalue weighted by atomic mass is 16.3. The fourth-order valence-corrected chi connectivity index (χ4v) is 9.84. The first-order valence-electron chi connectivity index (χ1n) is 22.6. The van der Waals surface area contributed by atoms with Gasteiger partial charge in [-0.1, -0.05) is 167 Å². The molecule has 0 aliphatic carbocycles. The lowest BCUT2D eigenvalue weighted by atomic mass is 9.78. The van der Waals surface area contributed by atoms with Gasteiger partial charge in [-0.2, -0.15) is 4.57 Å². The zero-order chi connectivity index (χ0) is 43.0. The number of allylic oxidation sites excluding steroid dienone is 2. The highest BCUT2D eigenvalue weighted by molar-refractivity contribution is 6.11. The monoisotopic (exact) mass is 820 g/mol. The highest BCUT2D eigenvalue weighted by Gasteiger charge is 2.34.